The number of para-hydroxylation sites is 1. The summed E-state index contributed by atoms with van der Waals surface area (Å²) in [6.45, 7) is 10.5. The second-order valence-electron chi connectivity index (χ2n) is 11.4. The Kier molecular flexibility index (Phi) is 8.05. The number of phenols is 1. The number of amidine groups is 1. The summed E-state index contributed by atoms with van der Waals surface area (Å²) in [7, 11) is 1.88. The number of nitrogens with one attached hydrogen (secondary N) is 2. The second-order valence-corrected chi connectivity index (χ2v) is 12.3. The minimum atomic E-state index is -1.68. The normalized spacial score (nSPS) is 20.1. The molecule has 1 amide bonds. The molecule has 2 aliphatic heterocycles. The maximum absolute atomic E-state index is 13.4. The van der Waals surface area contributed by atoms with E-state index in [2.05, 4.69) is 45.1 Å². The molecule has 41 heavy (non-hydrogen) atoms. The van der Waals surface area contributed by atoms with Gasteiger partial charge in [-0.2, -0.15) is 9.12 Å². The van der Waals surface area contributed by atoms with E-state index in [1.165, 1.54) is 0 Å². The van der Waals surface area contributed by atoms with Crippen LogP contribution >= 0.6 is 0 Å². The fourth-order valence-corrected chi connectivity index (χ4v) is 6.27. The lowest BCUT2D eigenvalue weighted by Crippen LogP contribution is -2.49. The van der Waals surface area contributed by atoms with Crippen molar-refractivity contribution in [3.8, 4) is 5.75 Å². The Bertz CT molecular complexity index is 1440. The number of hydrogen-bond donors (Lipinski definition) is 3. The first-order valence-electron chi connectivity index (χ1n) is 13.6. The number of amides is 1. The highest BCUT2D eigenvalue weighted by Crippen LogP contribution is 2.39. The first kappa shape index (κ1) is 28.6. The van der Waals surface area contributed by atoms with E-state index >= 15 is 0 Å². The molecule has 2 aromatic heterocycles. The molecule has 3 N–H and O–H groups in total. The molecular weight excluding hydrogens is 542 g/mol. The van der Waals surface area contributed by atoms with Crippen molar-refractivity contribution < 1.29 is 18.5 Å². The smallest absolute Gasteiger partial charge is 0.257 e. The number of pyridine rings is 1. The van der Waals surface area contributed by atoms with Crippen LogP contribution in [-0.4, -0.2) is 75.2 Å². The summed E-state index contributed by atoms with van der Waals surface area (Å²) < 4.78 is 25.8. The third-order valence-corrected chi connectivity index (χ3v) is 8.15. The third kappa shape index (κ3) is 6.08. The number of phenolic OH excluding ortho intramolecular Hbond substituents is 1. The molecular formula is C29H37N7O4S. The van der Waals surface area contributed by atoms with Crippen molar-refractivity contribution in [2.45, 2.75) is 39.9 Å². The van der Waals surface area contributed by atoms with Gasteiger partial charge in [-0.05, 0) is 48.7 Å². The standard InChI is InChI=1S/C29H37N7O4S/c1-19-12-13-22(40-19)25(29(2,3)4)34(5)27-26(32-41(39)33-27)31-21-10-8-9-20(24(21)37)28(38)36-17-15-35(16-18-36)23-11-6-7-14-30-23/h6-14,25-26,31-32,37H,15-18H2,1-5H3/t25-,26?,41?/m0/s1. The van der Waals surface area contributed by atoms with Gasteiger partial charge in [0.05, 0.1) is 17.3 Å². The van der Waals surface area contributed by atoms with Gasteiger partial charge in [-0.15, -0.1) is 0 Å². The molecule has 1 aromatic carbocycles. The predicted molar refractivity (Wildman–Crippen MR) is 160 cm³/mol. The molecule has 0 radical (unpaired) electrons. The van der Waals surface area contributed by atoms with E-state index in [0.29, 0.717) is 37.7 Å². The maximum atomic E-state index is 13.4. The fourth-order valence-electron chi connectivity index (χ4n) is 5.45. The number of piperazine rings is 1. The van der Waals surface area contributed by atoms with Gasteiger partial charge >= 0.3 is 0 Å². The van der Waals surface area contributed by atoms with Gasteiger partial charge in [-0.25, -0.2) is 9.19 Å². The number of benzene rings is 1. The van der Waals surface area contributed by atoms with E-state index in [9.17, 15) is 14.1 Å². The Morgan fingerprint density at radius 1 is 1.15 bits per heavy atom. The van der Waals surface area contributed by atoms with Crippen LogP contribution in [0.4, 0.5) is 11.5 Å². The third-order valence-electron chi connectivity index (χ3n) is 7.36. The summed E-state index contributed by atoms with van der Waals surface area (Å²) in [5.74, 6) is 2.54. The largest absolute Gasteiger partial charge is 0.505 e. The van der Waals surface area contributed by atoms with Gasteiger partial charge < -0.3 is 29.5 Å². The first-order valence-corrected chi connectivity index (χ1v) is 14.7. The zero-order valence-electron chi connectivity index (χ0n) is 24.0. The molecule has 3 atom stereocenters. The summed E-state index contributed by atoms with van der Waals surface area (Å²) in [4.78, 5) is 23.7. The maximum Gasteiger partial charge on any atom is 0.257 e. The lowest BCUT2D eigenvalue weighted by molar-refractivity contribution is 0.0743. The van der Waals surface area contributed by atoms with Crippen LogP contribution in [0.15, 0.2) is 63.5 Å². The Morgan fingerprint density at radius 3 is 2.54 bits per heavy atom. The van der Waals surface area contributed by atoms with E-state index in [1.807, 2.05) is 49.2 Å². The van der Waals surface area contributed by atoms with Crippen molar-refractivity contribution in [1.29, 1.82) is 0 Å². The topological polar surface area (TPSA) is 127 Å². The van der Waals surface area contributed by atoms with Crippen LogP contribution in [0.3, 0.4) is 0 Å². The number of carbonyl (C=O) groups is 1. The van der Waals surface area contributed by atoms with Crippen LogP contribution in [0.1, 0.15) is 48.7 Å². The number of likely N-dealkylation sites (N-methyl/N-ethyl adjacent to an activating group) is 1. The Hall–Kier alpha value is -3.90. The molecule has 0 bridgehead atoms. The van der Waals surface area contributed by atoms with E-state index in [4.69, 9.17) is 4.42 Å². The van der Waals surface area contributed by atoms with Crippen molar-refractivity contribution in [2.75, 3.05) is 43.4 Å². The first-order chi connectivity index (χ1) is 19.5. The number of hydrogen-bond acceptors (Lipinski definition) is 8. The summed E-state index contributed by atoms with van der Waals surface area (Å²) in [5, 5.41) is 14.4. The number of aromatic nitrogens is 1. The van der Waals surface area contributed by atoms with Gasteiger partial charge in [-0.1, -0.05) is 32.9 Å². The molecule has 0 saturated carbocycles. The minimum absolute atomic E-state index is 0.167. The van der Waals surface area contributed by atoms with E-state index in [-0.39, 0.29) is 28.7 Å². The summed E-state index contributed by atoms with van der Waals surface area (Å²) in [6, 6.07) is 14.5. The lowest BCUT2D eigenvalue weighted by atomic mass is 9.84. The highest BCUT2D eigenvalue weighted by atomic mass is 32.2. The van der Waals surface area contributed by atoms with Crippen molar-refractivity contribution >= 4 is 34.4 Å². The van der Waals surface area contributed by atoms with Gasteiger partial charge in [0.25, 0.3) is 5.91 Å². The molecule has 12 heteroatoms. The highest BCUT2D eigenvalue weighted by Gasteiger charge is 2.39. The molecule has 3 aromatic rings. The minimum Gasteiger partial charge on any atom is -0.505 e. The van der Waals surface area contributed by atoms with Crippen molar-refractivity contribution in [1.82, 2.24) is 19.5 Å². The molecule has 11 nitrogen and oxygen atoms in total. The number of carbonyl (C=O) groups excluding carboxylic acids is 1. The van der Waals surface area contributed by atoms with Crippen LogP contribution < -0.4 is 14.9 Å². The van der Waals surface area contributed by atoms with Crippen LogP contribution in [0.5, 0.6) is 5.75 Å². The number of rotatable bonds is 6. The number of aromatic hydroxyl groups is 1. The van der Waals surface area contributed by atoms with Gasteiger partial charge in [0, 0.05) is 39.4 Å². The van der Waals surface area contributed by atoms with Gasteiger partial charge in [0.2, 0.25) is 11.2 Å². The average Bonchev–Trinajstić information content (AvgIpc) is 3.53. The van der Waals surface area contributed by atoms with Crippen LogP contribution in [0, 0.1) is 12.3 Å². The zero-order valence-corrected chi connectivity index (χ0v) is 24.8. The molecule has 1 saturated heterocycles. The SMILES string of the molecule is Cc1ccc([C@H](N(C)C2=NS(=O)NC2Nc2cccc(C(=O)N3CCN(c4ccccn4)CC3)c2O)C(C)(C)C)o1. The quantitative estimate of drug-likeness (QED) is 0.378. The van der Waals surface area contributed by atoms with E-state index < -0.39 is 17.3 Å². The van der Waals surface area contributed by atoms with E-state index in [1.54, 1.807) is 29.3 Å². The van der Waals surface area contributed by atoms with E-state index in [0.717, 1.165) is 17.3 Å². The highest BCUT2D eigenvalue weighted by molar-refractivity contribution is 7.82. The molecule has 0 aliphatic carbocycles. The van der Waals surface area contributed by atoms with Crippen LogP contribution in [0.25, 0.3) is 0 Å². The van der Waals surface area contributed by atoms with Crippen LogP contribution in [-0.2, 0) is 11.2 Å². The number of furan rings is 1. The summed E-state index contributed by atoms with van der Waals surface area (Å²) in [6.07, 6.45) is 1.08. The Morgan fingerprint density at radius 2 is 1.90 bits per heavy atom. The zero-order chi connectivity index (χ0) is 29.3. The fraction of sp³-hybridized carbons (Fsp3) is 0.414. The summed E-state index contributed by atoms with van der Waals surface area (Å²) in [5.41, 5.74) is 0.290. The molecule has 2 unspecified atom stereocenters. The van der Waals surface area contributed by atoms with Crippen molar-refractivity contribution in [3.05, 3.63) is 71.8 Å². The Labute approximate surface area is 243 Å². The van der Waals surface area contributed by atoms with Crippen molar-refractivity contribution in [2.24, 2.45) is 9.81 Å². The second kappa shape index (κ2) is 11.5. The lowest BCUT2D eigenvalue weighted by Gasteiger charge is -2.39. The Balaban J connectivity index is 1.32. The molecule has 4 heterocycles. The van der Waals surface area contributed by atoms with Gasteiger partial charge in [-0.3, -0.25) is 4.79 Å². The average molecular weight is 580 g/mol. The number of anilines is 2. The molecule has 1 fully saturated rings. The molecule has 218 valence electrons. The predicted octanol–water partition coefficient (Wildman–Crippen LogP) is 3.69. The van der Waals surface area contributed by atoms with Crippen LogP contribution in [0.2, 0.25) is 0 Å². The monoisotopic (exact) mass is 579 g/mol. The molecule has 2 aliphatic rings. The summed E-state index contributed by atoms with van der Waals surface area (Å²) >= 11 is -1.68. The van der Waals surface area contributed by atoms with Gasteiger partial charge in [0.15, 0.2) is 11.6 Å². The van der Waals surface area contributed by atoms with Crippen molar-refractivity contribution in [3.63, 3.8) is 0 Å². The number of nitrogens with zero attached hydrogens (tertiary/aromatic N) is 5. The molecule has 0 spiro atoms. The number of aryl methyl sites for hydroxylation is 1. The van der Waals surface area contributed by atoms with Gasteiger partial charge in [0.1, 0.15) is 23.5 Å². The molecule has 5 rings (SSSR count).